The summed E-state index contributed by atoms with van der Waals surface area (Å²) in [7, 11) is 0. The van der Waals surface area contributed by atoms with Crippen molar-refractivity contribution in [1.29, 1.82) is 0 Å². The first-order chi connectivity index (χ1) is 11.6. The van der Waals surface area contributed by atoms with Gasteiger partial charge in [0.1, 0.15) is 0 Å². The molecule has 0 aliphatic heterocycles. The van der Waals surface area contributed by atoms with E-state index in [4.69, 9.17) is 16.0 Å². The van der Waals surface area contributed by atoms with Gasteiger partial charge < -0.3 is 9.73 Å². The third-order valence-corrected chi connectivity index (χ3v) is 4.47. The predicted octanol–water partition coefficient (Wildman–Crippen LogP) is 4.51. The summed E-state index contributed by atoms with van der Waals surface area (Å²) in [6.07, 6.45) is 0. The molecular formula is C17H14ClN3O2S. The van der Waals surface area contributed by atoms with Gasteiger partial charge in [0.25, 0.3) is 5.22 Å². The number of benzene rings is 2. The van der Waals surface area contributed by atoms with Crippen LogP contribution in [0.15, 0.2) is 64.2 Å². The average molecular weight is 360 g/mol. The van der Waals surface area contributed by atoms with Crippen molar-refractivity contribution in [3.8, 4) is 11.5 Å². The normalized spacial score (nSPS) is 11.9. The molecule has 7 heteroatoms. The molecule has 0 spiro atoms. The fourth-order valence-corrected chi connectivity index (χ4v) is 2.82. The maximum absolute atomic E-state index is 12.3. The molecule has 2 aromatic carbocycles. The highest BCUT2D eigenvalue weighted by molar-refractivity contribution is 8.00. The number of hydrogen-bond acceptors (Lipinski definition) is 5. The summed E-state index contributed by atoms with van der Waals surface area (Å²) in [6.45, 7) is 1.77. The topological polar surface area (TPSA) is 68.0 Å². The quantitative estimate of drug-likeness (QED) is 0.679. The highest BCUT2D eigenvalue weighted by Crippen LogP contribution is 2.27. The van der Waals surface area contributed by atoms with E-state index in [1.54, 1.807) is 25.1 Å². The van der Waals surface area contributed by atoms with Crippen molar-refractivity contribution in [2.75, 3.05) is 5.32 Å². The molecule has 3 aromatic rings. The molecule has 5 nitrogen and oxygen atoms in total. The molecule has 1 atom stereocenters. The van der Waals surface area contributed by atoms with Crippen LogP contribution >= 0.6 is 23.4 Å². The van der Waals surface area contributed by atoms with Crippen LogP contribution in [0.25, 0.3) is 11.5 Å². The van der Waals surface area contributed by atoms with Crippen molar-refractivity contribution < 1.29 is 9.21 Å². The number of hydrogen-bond donors (Lipinski definition) is 1. The zero-order chi connectivity index (χ0) is 16.9. The Morgan fingerprint density at radius 2 is 1.83 bits per heavy atom. The van der Waals surface area contributed by atoms with E-state index in [2.05, 4.69) is 15.5 Å². The second kappa shape index (κ2) is 7.51. The second-order valence-electron chi connectivity index (χ2n) is 4.97. The Kier molecular flexibility index (Phi) is 5.17. The Morgan fingerprint density at radius 3 is 2.58 bits per heavy atom. The Bertz CT molecular complexity index is 839. The molecule has 0 fully saturated rings. The van der Waals surface area contributed by atoms with Crippen molar-refractivity contribution in [1.82, 2.24) is 10.2 Å². The molecule has 3 rings (SSSR count). The van der Waals surface area contributed by atoms with E-state index in [9.17, 15) is 4.79 Å². The minimum Gasteiger partial charge on any atom is -0.411 e. The van der Waals surface area contributed by atoms with Crippen LogP contribution in [0.3, 0.4) is 0 Å². The van der Waals surface area contributed by atoms with Gasteiger partial charge in [0, 0.05) is 5.56 Å². The van der Waals surface area contributed by atoms with Gasteiger partial charge in [0.05, 0.1) is 16.0 Å². The fourth-order valence-electron chi connectivity index (χ4n) is 1.96. The molecule has 0 bridgehead atoms. The molecule has 24 heavy (non-hydrogen) atoms. The minimum atomic E-state index is -0.412. The number of amides is 1. The van der Waals surface area contributed by atoms with Gasteiger partial charge in [-0.1, -0.05) is 53.7 Å². The summed E-state index contributed by atoms with van der Waals surface area (Å²) in [5, 5.41) is 11.2. The molecular weight excluding hydrogens is 346 g/mol. The van der Waals surface area contributed by atoms with Crippen molar-refractivity contribution >= 4 is 35.0 Å². The molecule has 1 heterocycles. The van der Waals surface area contributed by atoms with E-state index >= 15 is 0 Å². The third kappa shape index (κ3) is 3.96. The van der Waals surface area contributed by atoms with Crippen LogP contribution in [0, 0.1) is 0 Å². The number of para-hydroxylation sites is 1. The largest absolute Gasteiger partial charge is 0.411 e. The van der Waals surface area contributed by atoms with E-state index < -0.39 is 5.25 Å². The van der Waals surface area contributed by atoms with Gasteiger partial charge >= 0.3 is 0 Å². The lowest BCUT2D eigenvalue weighted by Gasteiger charge is -2.10. The van der Waals surface area contributed by atoms with E-state index in [1.807, 2.05) is 36.4 Å². The first-order valence-electron chi connectivity index (χ1n) is 7.24. The van der Waals surface area contributed by atoms with Crippen molar-refractivity contribution in [2.45, 2.75) is 17.4 Å². The number of nitrogens with one attached hydrogen (secondary N) is 1. The first-order valence-corrected chi connectivity index (χ1v) is 8.50. The number of thioether (sulfide) groups is 1. The third-order valence-electron chi connectivity index (χ3n) is 3.21. The molecule has 0 saturated heterocycles. The molecule has 1 N–H and O–H groups in total. The molecule has 0 radical (unpaired) electrons. The van der Waals surface area contributed by atoms with Gasteiger partial charge in [0.2, 0.25) is 11.8 Å². The number of halogens is 1. The number of aromatic nitrogens is 2. The van der Waals surface area contributed by atoms with Crippen LogP contribution in [0.4, 0.5) is 5.69 Å². The maximum Gasteiger partial charge on any atom is 0.277 e. The van der Waals surface area contributed by atoms with Crippen molar-refractivity contribution in [3.05, 3.63) is 59.6 Å². The number of anilines is 1. The zero-order valence-corrected chi connectivity index (χ0v) is 14.3. The lowest BCUT2D eigenvalue weighted by atomic mass is 10.2. The Morgan fingerprint density at radius 1 is 1.12 bits per heavy atom. The SMILES string of the molecule is CC(Sc1nnc(-c2ccccc2)o1)C(=O)Nc1ccccc1Cl. The lowest BCUT2D eigenvalue weighted by molar-refractivity contribution is -0.115. The zero-order valence-electron chi connectivity index (χ0n) is 12.8. The van der Waals surface area contributed by atoms with Crippen LogP contribution in [0.2, 0.25) is 5.02 Å². The summed E-state index contributed by atoms with van der Waals surface area (Å²) in [4.78, 5) is 12.3. The predicted molar refractivity (Wildman–Crippen MR) is 95.1 cm³/mol. The molecule has 0 aliphatic rings. The van der Waals surface area contributed by atoms with Crippen LogP contribution in [0.5, 0.6) is 0 Å². The minimum absolute atomic E-state index is 0.187. The molecule has 1 amide bonds. The van der Waals surface area contributed by atoms with Crippen LogP contribution in [-0.2, 0) is 4.79 Å². The number of rotatable bonds is 5. The molecule has 0 aliphatic carbocycles. The first kappa shape index (κ1) is 16.5. The highest BCUT2D eigenvalue weighted by atomic mass is 35.5. The smallest absolute Gasteiger partial charge is 0.277 e. The number of carbonyl (C=O) groups excluding carboxylic acids is 1. The van der Waals surface area contributed by atoms with Crippen molar-refractivity contribution in [2.24, 2.45) is 0 Å². The van der Waals surface area contributed by atoms with E-state index in [0.29, 0.717) is 21.8 Å². The standard InChI is InChI=1S/C17H14ClN3O2S/c1-11(15(22)19-14-10-6-5-9-13(14)18)24-17-21-20-16(23-17)12-7-3-2-4-8-12/h2-11H,1H3,(H,19,22). The lowest BCUT2D eigenvalue weighted by Crippen LogP contribution is -2.22. The molecule has 122 valence electrons. The average Bonchev–Trinajstić information content (AvgIpc) is 3.06. The van der Waals surface area contributed by atoms with Gasteiger partial charge in [-0.25, -0.2) is 0 Å². The van der Waals surface area contributed by atoms with Gasteiger partial charge in [-0.05, 0) is 31.2 Å². The molecule has 0 saturated carbocycles. The maximum atomic E-state index is 12.3. The second-order valence-corrected chi connectivity index (χ2v) is 6.67. The van der Waals surface area contributed by atoms with E-state index in [0.717, 1.165) is 5.56 Å². The van der Waals surface area contributed by atoms with Crippen LogP contribution < -0.4 is 5.32 Å². The highest BCUT2D eigenvalue weighted by Gasteiger charge is 2.19. The Hall–Kier alpha value is -2.31. The van der Waals surface area contributed by atoms with Crippen LogP contribution in [0.1, 0.15) is 6.92 Å². The van der Waals surface area contributed by atoms with Crippen LogP contribution in [-0.4, -0.2) is 21.4 Å². The van der Waals surface area contributed by atoms with Crippen molar-refractivity contribution in [3.63, 3.8) is 0 Å². The number of nitrogens with zero attached hydrogens (tertiary/aromatic N) is 2. The molecule has 1 aromatic heterocycles. The van der Waals surface area contributed by atoms with E-state index in [-0.39, 0.29) is 5.91 Å². The summed E-state index contributed by atoms with van der Waals surface area (Å²) in [6, 6.07) is 16.6. The Balaban J connectivity index is 1.65. The summed E-state index contributed by atoms with van der Waals surface area (Å²) in [5.74, 6) is 0.240. The summed E-state index contributed by atoms with van der Waals surface area (Å²) in [5.41, 5.74) is 1.41. The monoisotopic (exact) mass is 359 g/mol. The van der Waals surface area contributed by atoms with Gasteiger partial charge in [-0.15, -0.1) is 10.2 Å². The number of carbonyl (C=O) groups is 1. The molecule has 1 unspecified atom stereocenters. The fraction of sp³-hybridized carbons (Fsp3) is 0.118. The van der Waals surface area contributed by atoms with E-state index in [1.165, 1.54) is 11.8 Å². The van der Waals surface area contributed by atoms with Gasteiger partial charge in [-0.2, -0.15) is 0 Å². The Labute approximate surface area is 148 Å². The summed E-state index contributed by atoms with van der Waals surface area (Å²) >= 11 is 7.24. The van der Waals surface area contributed by atoms with Gasteiger partial charge in [-0.3, -0.25) is 4.79 Å². The summed E-state index contributed by atoms with van der Waals surface area (Å²) < 4.78 is 5.60. The van der Waals surface area contributed by atoms with Gasteiger partial charge in [0.15, 0.2) is 0 Å².